The van der Waals surface area contributed by atoms with E-state index in [1.54, 1.807) is 36.4 Å². The Balaban J connectivity index is 1.86. The molecule has 0 aliphatic heterocycles. The van der Waals surface area contributed by atoms with Crippen molar-refractivity contribution in [3.63, 3.8) is 0 Å². The van der Waals surface area contributed by atoms with E-state index in [0.29, 0.717) is 29.5 Å². The molecule has 2 aromatic rings. The van der Waals surface area contributed by atoms with Gasteiger partial charge in [0.25, 0.3) is 5.91 Å². The summed E-state index contributed by atoms with van der Waals surface area (Å²) in [5, 5.41) is 5.51. The monoisotopic (exact) mass is 355 g/mol. The zero-order valence-electron chi connectivity index (χ0n) is 15.1. The second-order valence-electron chi connectivity index (χ2n) is 6.46. The van der Waals surface area contributed by atoms with Crippen LogP contribution in [-0.4, -0.2) is 24.5 Å². The van der Waals surface area contributed by atoms with Gasteiger partial charge in [-0.05, 0) is 36.6 Å². The molecular weight excluding hydrogens is 330 g/mol. The van der Waals surface area contributed by atoms with Crippen LogP contribution in [-0.2, 0) is 9.59 Å². The zero-order chi connectivity index (χ0) is 18.9. The van der Waals surface area contributed by atoms with E-state index in [9.17, 15) is 9.59 Å². The van der Waals surface area contributed by atoms with E-state index in [2.05, 4.69) is 10.6 Å². The van der Waals surface area contributed by atoms with E-state index >= 15 is 0 Å². The summed E-state index contributed by atoms with van der Waals surface area (Å²) < 4.78 is 5.49. The first-order valence-corrected chi connectivity index (χ1v) is 8.58. The van der Waals surface area contributed by atoms with E-state index in [-0.39, 0.29) is 18.4 Å². The summed E-state index contributed by atoms with van der Waals surface area (Å²) in [6.45, 7) is 3.91. The first kappa shape index (κ1) is 19.5. The van der Waals surface area contributed by atoms with Crippen molar-refractivity contribution in [1.29, 1.82) is 0 Å². The van der Waals surface area contributed by atoms with Crippen molar-refractivity contribution in [3.8, 4) is 5.75 Å². The second-order valence-corrected chi connectivity index (χ2v) is 6.46. The number of nitrogens with one attached hydrogen (secondary N) is 2. The van der Waals surface area contributed by atoms with Crippen molar-refractivity contribution in [2.45, 2.75) is 26.3 Å². The van der Waals surface area contributed by atoms with Gasteiger partial charge in [-0.3, -0.25) is 9.59 Å². The number of benzene rings is 2. The standard InChI is InChI=1S/C20H25N3O3/c1-14(2)11-18(21)20(25)23-16-9-6-10-17(12-16)26-13-19(24)22-15-7-4-3-5-8-15/h3-10,12,14,18H,11,13,21H2,1-2H3,(H,22,24)(H,23,25)/t18-/m0/s1. The predicted molar refractivity (Wildman–Crippen MR) is 103 cm³/mol. The summed E-state index contributed by atoms with van der Waals surface area (Å²) in [5.41, 5.74) is 7.17. The fourth-order valence-corrected chi connectivity index (χ4v) is 2.38. The molecule has 0 fully saturated rings. The number of carbonyl (C=O) groups excluding carboxylic acids is 2. The van der Waals surface area contributed by atoms with Gasteiger partial charge in [-0.15, -0.1) is 0 Å². The minimum absolute atomic E-state index is 0.126. The van der Waals surface area contributed by atoms with Gasteiger partial charge in [0.05, 0.1) is 6.04 Å². The molecule has 0 aromatic heterocycles. The van der Waals surface area contributed by atoms with Crippen LogP contribution in [0.5, 0.6) is 5.75 Å². The molecule has 0 saturated carbocycles. The molecule has 0 heterocycles. The third-order valence-electron chi connectivity index (χ3n) is 3.59. The minimum Gasteiger partial charge on any atom is -0.484 e. The van der Waals surface area contributed by atoms with E-state index in [4.69, 9.17) is 10.5 Å². The number of rotatable bonds is 8. The number of para-hydroxylation sites is 1. The third kappa shape index (κ3) is 6.57. The van der Waals surface area contributed by atoms with E-state index < -0.39 is 6.04 Å². The van der Waals surface area contributed by atoms with Crippen molar-refractivity contribution in [2.75, 3.05) is 17.2 Å². The smallest absolute Gasteiger partial charge is 0.262 e. The van der Waals surface area contributed by atoms with Gasteiger partial charge in [0, 0.05) is 17.4 Å². The molecule has 138 valence electrons. The number of hydrogen-bond donors (Lipinski definition) is 3. The molecule has 1 atom stereocenters. The minimum atomic E-state index is -0.559. The lowest BCUT2D eigenvalue weighted by atomic mass is 10.0. The largest absolute Gasteiger partial charge is 0.484 e. The normalized spacial score (nSPS) is 11.7. The van der Waals surface area contributed by atoms with Gasteiger partial charge in [-0.1, -0.05) is 38.1 Å². The van der Waals surface area contributed by atoms with Crippen molar-refractivity contribution >= 4 is 23.2 Å². The number of carbonyl (C=O) groups is 2. The van der Waals surface area contributed by atoms with E-state index in [1.807, 2.05) is 32.0 Å². The number of anilines is 2. The maximum absolute atomic E-state index is 12.1. The fourth-order valence-electron chi connectivity index (χ4n) is 2.38. The summed E-state index contributed by atoms with van der Waals surface area (Å²) in [7, 11) is 0. The molecule has 0 aliphatic rings. The highest BCUT2D eigenvalue weighted by molar-refractivity contribution is 5.95. The summed E-state index contributed by atoms with van der Waals surface area (Å²) >= 11 is 0. The highest BCUT2D eigenvalue weighted by Crippen LogP contribution is 2.18. The van der Waals surface area contributed by atoms with Crippen LogP contribution < -0.4 is 21.1 Å². The van der Waals surface area contributed by atoms with Crippen molar-refractivity contribution in [1.82, 2.24) is 0 Å². The van der Waals surface area contributed by atoms with Gasteiger partial charge in [-0.25, -0.2) is 0 Å². The van der Waals surface area contributed by atoms with Crippen LogP contribution in [0.4, 0.5) is 11.4 Å². The van der Waals surface area contributed by atoms with Gasteiger partial charge in [-0.2, -0.15) is 0 Å². The molecule has 0 unspecified atom stereocenters. The van der Waals surface area contributed by atoms with Gasteiger partial charge in [0.1, 0.15) is 5.75 Å². The fraction of sp³-hybridized carbons (Fsp3) is 0.300. The van der Waals surface area contributed by atoms with Crippen molar-refractivity contribution in [2.24, 2.45) is 11.7 Å². The van der Waals surface area contributed by atoms with Crippen LogP contribution in [0, 0.1) is 5.92 Å². The topological polar surface area (TPSA) is 93.5 Å². The van der Waals surface area contributed by atoms with Crippen LogP contribution in [0.1, 0.15) is 20.3 Å². The Morgan fingerprint density at radius 2 is 1.69 bits per heavy atom. The lowest BCUT2D eigenvalue weighted by Crippen LogP contribution is -2.36. The molecular formula is C20H25N3O3. The second kappa shape index (κ2) is 9.58. The first-order chi connectivity index (χ1) is 12.4. The van der Waals surface area contributed by atoms with Gasteiger partial charge < -0.3 is 21.1 Å². The summed E-state index contributed by atoms with van der Waals surface area (Å²) in [5.74, 6) is 0.333. The Bertz CT molecular complexity index is 732. The van der Waals surface area contributed by atoms with Gasteiger partial charge >= 0.3 is 0 Å². The third-order valence-corrected chi connectivity index (χ3v) is 3.59. The van der Waals surface area contributed by atoms with Gasteiger partial charge in [0.2, 0.25) is 5.91 Å². The molecule has 0 saturated heterocycles. The Hall–Kier alpha value is -2.86. The average Bonchev–Trinajstić information content (AvgIpc) is 2.60. The summed E-state index contributed by atoms with van der Waals surface area (Å²) in [4.78, 5) is 24.0. The molecule has 26 heavy (non-hydrogen) atoms. The average molecular weight is 355 g/mol. The Morgan fingerprint density at radius 1 is 1.00 bits per heavy atom. The Morgan fingerprint density at radius 3 is 2.38 bits per heavy atom. The Kier molecular flexibility index (Phi) is 7.17. The molecule has 0 spiro atoms. The zero-order valence-corrected chi connectivity index (χ0v) is 15.1. The maximum atomic E-state index is 12.1. The van der Waals surface area contributed by atoms with E-state index in [0.717, 1.165) is 0 Å². The van der Waals surface area contributed by atoms with Crippen molar-refractivity contribution in [3.05, 3.63) is 54.6 Å². The highest BCUT2D eigenvalue weighted by Gasteiger charge is 2.15. The number of hydrogen-bond acceptors (Lipinski definition) is 4. The van der Waals surface area contributed by atoms with Crippen LogP contribution in [0.3, 0.4) is 0 Å². The van der Waals surface area contributed by atoms with Crippen LogP contribution in [0.15, 0.2) is 54.6 Å². The first-order valence-electron chi connectivity index (χ1n) is 8.58. The number of amides is 2. The quantitative estimate of drug-likeness (QED) is 0.678. The number of ether oxygens (including phenoxy) is 1. The molecule has 6 heteroatoms. The SMILES string of the molecule is CC(C)C[C@H](N)C(=O)Nc1cccc(OCC(=O)Nc2ccccc2)c1. The van der Waals surface area contributed by atoms with Crippen molar-refractivity contribution < 1.29 is 14.3 Å². The molecule has 2 amide bonds. The maximum Gasteiger partial charge on any atom is 0.262 e. The molecule has 2 aromatic carbocycles. The molecule has 4 N–H and O–H groups in total. The molecule has 0 radical (unpaired) electrons. The van der Waals surface area contributed by atoms with Crippen LogP contribution in [0.2, 0.25) is 0 Å². The molecule has 0 aliphatic carbocycles. The highest BCUT2D eigenvalue weighted by atomic mass is 16.5. The summed E-state index contributed by atoms with van der Waals surface area (Å²) in [6.07, 6.45) is 0.613. The summed E-state index contributed by atoms with van der Waals surface area (Å²) in [6, 6.07) is 15.5. The lowest BCUT2D eigenvalue weighted by molar-refractivity contribution is -0.118. The molecule has 6 nitrogen and oxygen atoms in total. The molecule has 0 bridgehead atoms. The predicted octanol–water partition coefficient (Wildman–Crippen LogP) is 3.02. The van der Waals surface area contributed by atoms with Crippen LogP contribution in [0.25, 0.3) is 0 Å². The lowest BCUT2D eigenvalue weighted by Gasteiger charge is -2.14. The van der Waals surface area contributed by atoms with Gasteiger partial charge in [0.15, 0.2) is 6.61 Å². The molecule has 2 rings (SSSR count). The Labute approximate surface area is 153 Å². The number of nitrogens with two attached hydrogens (primary N) is 1. The van der Waals surface area contributed by atoms with E-state index in [1.165, 1.54) is 0 Å². The van der Waals surface area contributed by atoms with Crippen LogP contribution >= 0.6 is 0 Å².